The normalized spacial score (nSPS) is 14.9. The Balaban J connectivity index is 1.45. The third-order valence-corrected chi connectivity index (χ3v) is 7.38. The standard InChI is InChI=1S/C27H26N6OS/c1-3-33-25(31-32-26(33)35-16-24(34)30-27(2,17-28)19-13-14-19)21-15-23(18-9-5-4-6-10-18)29-22-12-8-7-11-20(21)22/h4-12,15,19H,3,13-14,16H2,1-2H3,(H,30,34). The minimum absolute atomic E-state index is 0.168. The van der Waals surface area contributed by atoms with Gasteiger partial charge in [0.2, 0.25) is 5.91 Å². The van der Waals surface area contributed by atoms with Gasteiger partial charge >= 0.3 is 0 Å². The van der Waals surface area contributed by atoms with Gasteiger partial charge in [-0.15, -0.1) is 10.2 Å². The highest BCUT2D eigenvalue weighted by Crippen LogP contribution is 2.39. The lowest BCUT2D eigenvalue weighted by Crippen LogP contribution is -2.47. The molecule has 1 atom stereocenters. The largest absolute Gasteiger partial charge is 0.337 e. The zero-order valence-corrected chi connectivity index (χ0v) is 20.5. The monoisotopic (exact) mass is 482 g/mol. The summed E-state index contributed by atoms with van der Waals surface area (Å²) in [6, 6.07) is 22.4. The summed E-state index contributed by atoms with van der Waals surface area (Å²) in [7, 11) is 0. The number of para-hydroxylation sites is 1. The molecular weight excluding hydrogens is 456 g/mol. The van der Waals surface area contributed by atoms with Crippen molar-refractivity contribution in [2.75, 3.05) is 5.75 Å². The van der Waals surface area contributed by atoms with Gasteiger partial charge in [0, 0.05) is 23.1 Å². The molecule has 5 rings (SSSR count). The predicted octanol–water partition coefficient (Wildman–Crippen LogP) is 5.08. The molecule has 1 aliphatic rings. The van der Waals surface area contributed by atoms with Crippen molar-refractivity contribution in [3.05, 3.63) is 60.7 Å². The smallest absolute Gasteiger partial charge is 0.231 e. The zero-order chi connectivity index (χ0) is 24.4. The fourth-order valence-electron chi connectivity index (χ4n) is 4.33. The molecule has 0 spiro atoms. The van der Waals surface area contributed by atoms with Gasteiger partial charge in [-0.1, -0.05) is 60.3 Å². The fraction of sp³-hybridized carbons (Fsp3) is 0.296. The van der Waals surface area contributed by atoms with E-state index in [0.29, 0.717) is 11.7 Å². The van der Waals surface area contributed by atoms with E-state index in [4.69, 9.17) is 4.98 Å². The van der Waals surface area contributed by atoms with E-state index < -0.39 is 5.54 Å². The number of thioether (sulfide) groups is 1. The van der Waals surface area contributed by atoms with Gasteiger partial charge in [-0.25, -0.2) is 4.98 Å². The highest BCUT2D eigenvalue weighted by Gasteiger charge is 2.43. The molecule has 176 valence electrons. The molecule has 1 aliphatic carbocycles. The lowest BCUT2D eigenvalue weighted by Gasteiger charge is -2.22. The highest BCUT2D eigenvalue weighted by atomic mass is 32.2. The second-order valence-corrected chi connectivity index (χ2v) is 9.86. The summed E-state index contributed by atoms with van der Waals surface area (Å²) in [5.74, 6) is 0.991. The molecule has 1 N–H and O–H groups in total. The second-order valence-electron chi connectivity index (χ2n) is 8.91. The first-order valence-corrected chi connectivity index (χ1v) is 12.7. The number of carbonyl (C=O) groups excluding carboxylic acids is 1. The minimum Gasteiger partial charge on any atom is -0.337 e. The Labute approximate surface area is 208 Å². The lowest BCUT2D eigenvalue weighted by molar-refractivity contribution is -0.119. The van der Waals surface area contributed by atoms with Crippen molar-refractivity contribution >= 4 is 28.6 Å². The van der Waals surface area contributed by atoms with Crippen LogP contribution in [0.4, 0.5) is 0 Å². The van der Waals surface area contributed by atoms with Gasteiger partial charge in [0.05, 0.1) is 23.0 Å². The lowest BCUT2D eigenvalue weighted by atomic mass is 9.98. The summed E-state index contributed by atoms with van der Waals surface area (Å²) >= 11 is 1.34. The van der Waals surface area contributed by atoms with Gasteiger partial charge in [0.1, 0.15) is 5.54 Å². The molecule has 0 radical (unpaired) electrons. The van der Waals surface area contributed by atoms with Crippen LogP contribution >= 0.6 is 11.8 Å². The van der Waals surface area contributed by atoms with Crippen LogP contribution in [0.2, 0.25) is 0 Å². The van der Waals surface area contributed by atoms with Crippen LogP contribution in [-0.4, -0.2) is 36.9 Å². The number of nitrogens with zero attached hydrogens (tertiary/aromatic N) is 5. The Morgan fingerprint density at radius 3 is 2.63 bits per heavy atom. The van der Waals surface area contributed by atoms with Crippen LogP contribution in [0.15, 0.2) is 65.8 Å². The van der Waals surface area contributed by atoms with E-state index in [1.54, 1.807) is 6.92 Å². The number of hydrogen-bond acceptors (Lipinski definition) is 6. The average Bonchev–Trinajstić information content (AvgIpc) is 3.68. The molecule has 2 aromatic heterocycles. The van der Waals surface area contributed by atoms with Gasteiger partial charge < -0.3 is 9.88 Å². The second kappa shape index (κ2) is 9.51. The first kappa shape index (κ1) is 23.1. The molecule has 1 amide bonds. The molecule has 4 aromatic rings. The molecule has 0 saturated heterocycles. The molecule has 8 heteroatoms. The Bertz CT molecular complexity index is 1420. The molecule has 1 fully saturated rings. The number of carbonyl (C=O) groups is 1. The van der Waals surface area contributed by atoms with E-state index in [-0.39, 0.29) is 17.6 Å². The minimum atomic E-state index is -0.801. The SMILES string of the molecule is CCn1c(SCC(=O)NC(C)(C#N)C2CC2)nnc1-c1cc(-c2ccccc2)nc2ccccc12. The molecule has 1 saturated carbocycles. The molecule has 1 unspecified atom stereocenters. The van der Waals surface area contributed by atoms with E-state index in [1.165, 1.54) is 11.8 Å². The van der Waals surface area contributed by atoms with E-state index in [2.05, 4.69) is 27.6 Å². The number of rotatable bonds is 8. The van der Waals surface area contributed by atoms with Crippen molar-refractivity contribution in [1.82, 2.24) is 25.1 Å². The maximum Gasteiger partial charge on any atom is 0.231 e. The number of nitriles is 1. The van der Waals surface area contributed by atoms with Crippen molar-refractivity contribution < 1.29 is 4.79 Å². The van der Waals surface area contributed by atoms with Gasteiger partial charge in [-0.05, 0) is 44.7 Å². The van der Waals surface area contributed by atoms with Crippen LogP contribution < -0.4 is 5.32 Å². The van der Waals surface area contributed by atoms with Crippen molar-refractivity contribution in [1.29, 1.82) is 5.26 Å². The molecule has 2 aromatic carbocycles. The van der Waals surface area contributed by atoms with E-state index >= 15 is 0 Å². The molecule has 2 heterocycles. The fourth-order valence-corrected chi connectivity index (χ4v) is 5.14. The maximum atomic E-state index is 12.6. The van der Waals surface area contributed by atoms with E-state index in [1.807, 2.05) is 66.1 Å². The zero-order valence-electron chi connectivity index (χ0n) is 19.7. The van der Waals surface area contributed by atoms with Gasteiger partial charge in [-0.2, -0.15) is 5.26 Å². The summed E-state index contributed by atoms with van der Waals surface area (Å²) in [5.41, 5.74) is 2.94. The Kier molecular flexibility index (Phi) is 6.27. The highest BCUT2D eigenvalue weighted by molar-refractivity contribution is 7.99. The number of nitrogens with one attached hydrogen (secondary N) is 1. The Morgan fingerprint density at radius 2 is 1.91 bits per heavy atom. The summed E-state index contributed by atoms with van der Waals surface area (Å²) in [6.45, 7) is 4.50. The number of amides is 1. The first-order chi connectivity index (χ1) is 17.0. The van der Waals surface area contributed by atoms with E-state index in [0.717, 1.165) is 46.4 Å². The summed E-state index contributed by atoms with van der Waals surface area (Å²) < 4.78 is 2.03. The summed E-state index contributed by atoms with van der Waals surface area (Å²) in [6.07, 6.45) is 1.96. The maximum absolute atomic E-state index is 12.6. The van der Waals surface area contributed by atoms with Gasteiger partial charge in [0.15, 0.2) is 11.0 Å². The third kappa shape index (κ3) is 4.64. The first-order valence-electron chi connectivity index (χ1n) is 11.8. The number of pyridine rings is 1. The quantitative estimate of drug-likeness (QED) is 0.352. The van der Waals surface area contributed by atoms with Crippen LogP contribution in [0.3, 0.4) is 0 Å². The number of hydrogen-bond donors (Lipinski definition) is 1. The number of fused-ring (bicyclic) bond motifs is 1. The van der Waals surface area contributed by atoms with E-state index in [9.17, 15) is 10.1 Å². The van der Waals surface area contributed by atoms with Crippen LogP contribution in [-0.2, 0) is 11.3 Å². The number of benzene rings is 2. The van der Waals surface area contributed by atoms with Crippen LogP contribution in [0.5, 0.6) is 0 Å². The van der Waals surface area contributed by atoms with Crippen molar-refractivity contribution in [2.45, 2.75) is 43.9 Å². The van der Waals surface area contributed by atoms with Gasteiger partial charge in [-0.3, -0.25) is 4.79 Å². The van der Waals surface area contributed by atoms with Gasteiger partial charge in [0.25, 0.3) is 0 Å². The molecule has 0 bridgehead atoms. The van der Waals surface area contributed by atoms with Crippen LogP contribution in [0.25, 0.3) is 33.5 Å². The summed E-state index contributed by atoms with van der Waals surface area (Å²) in [5, 5.41) is 23.1. The Morgan fingerprint density at radius 1 is 1.17 bits per heavy atom. The average molecular weight is 483 g/mol. The van der Waals surface area contributed by atoms with Crippen molar-refractivity contribution in [3.8, 4) is 28.7 Å². The Hall–Kier alpha value is -3.70. The predicted molar refractivity (Wildman–Crippen MR) is 137 cm³/mol. The number of aromatic nitrogens is 4. The topological polar surface area (TPSA) is 96.5 Å². The molecule has 0 aliphatic heterocycles. The van der Waals surface area contributed by atoms with Crippen LogP contribution in [0, 0.1) is 17.2 Å². The van der Waals surface area contributed by atoms with Crippen molar-refractivity contribution in [2.24, 2.45) is 5.92 Å². The van der Waals surface area contributed by atoms with Crippen molar-refractivity contribution in [3.63, 3.8) is 0 Å². The van der Waals surface area contributed by atoms with Crippen LogP contribution in [0.1, 0.15) is 26.7 Å². The molecular formula is C27H26N6OS. The molecule has 35 heavy (non-hydrogen) atoms. The summed E-state index contributed by atoms with van der Waals surface area (Å²) in [4.78, 5) is 17.5. The molecule has 7 nitrogen and oxygen atoms in total. The third-order valence-electron chi connectivity index (χ3n) is 6.42.